The quantitative estimate of drug-likeness (QED) is 0.482. The topological polar surface area (TPSA) is 49.3 Å². The van der Waals surface area contributed by atoms with Crippen LogP contribution in [-0.2, 0) is 4.79 Å². The van der Waals surface area contributed by atoms with Gasteiger partial charge in [0.25, 0.3) is 0 Å². The Balaban J connectivity index is 3.03. The minimum absolute atomic E-state index is 0.0394. The van der Waals surface area contributed by atoms with E-state index >= 15 is 0 Å². The Morgan fingerprint density at radius 1 is 1.88 bits per heavy atom. The second kappa shape index (κ2) is 4.59. The molecule has 3 heteroatoms. The molecule has 1 unspecified atom stereocenters. The highest BCUT2D eigenvalue weighted by Crippen LogP contribution is 1.84. The van der Waals surface area contributed by atoms with Crippen molar-refractivity contribution in [3.63, 3.8) is 0 Å². The Hall–Kier alpha value is -0.570. The second-order valence-electron chi connectivity index (χ2n) is 1.66. The van der Waals surface area contributed by atoms with Crippen molar-refractivity contribution in [2.24, 2.45) is 0 Å². The Morgan fingerprint density at radius 3 is 2.88 bits per heavy atom. The molecule has 0 bridgehead atoms. The van der Waals surface area contributed by atoms with Gasteiger partial charge >= 0.3 is 6.41 Å². The van der Waals surface area contributed by atoms with Crippen molar-refractivity contribution in [3.05, 3.63) is 0 Å². The monoisotopic (exact) mass is 116 g/mol. The molecule has 1 atom stereocenters. The number of hydrogen-bond donors (Lipinski definition) is 2. The summed E-state index contributed by atoms with van der Waals surface area (Å²) in [5.41, 5.74) is 0. The molecule has 47 valence electrons. The number of hydrogen-bond acceptors (Lipinski definition) is 2. The molecular formula is C5H10NO2. The summed E-state index contributed by atoms with van der Waals surface area (Å²) in [5.74, 6) is 0. The Morgan fingerprint density at radius 2 is 2.50 bits per heavy atom. The molecule has 0 fully saturated rings. The van der Waals surface area contributed by atoms with Gasteiger partial charge in [-0.05, 0) is 13.3 Å². The molecule has 3 nitrogen and oxygen atoms in total. The van der Waals surface area contributed by atoms with E-state index in [0.717, 1.165) is 0 Å². The van der Waals surface area contributed by atoms with E-state index in [4.69, 9.17) is 5.11 Å². The number of aliphatic hydroxyl groups excluding tert-OH is 1. The van der Waals surface area contributed by atoms with Crippen LogP contribution in [0.1, 0.15) is 13.3 Å². The SMILES string of the molecule is CC(CCO)N[C]=O. The average Bonchev–Trinajstić information content (AvgIpc) is 1.68. The van der Waals surface area contributed by atoms with Crippen molar-refractivity contribution in [2.45, 2.75) is 19.4 Å². The molecule has 0 aromatic rings. The zero-order chi connectivity index (χ0) is 6.41. The van der Waals surface area contributed by atoms with Crippen LogP contribution < -0.4 is 5.32 Å². The van der Waals surface area contributed by atoms with E-state index < -0.39 is 0 Å². The van der Waals surface area contributed by atoms with Gasteiger partial charge in [-0.2, -0.15) is 0 Å². The lowest BCUT2D eigenvalue weighted by Crippen LogP contribution is -2.24. The zero-order valence-electron chi connectivity index (χ0n) is 4.85. The fourth-order valence-electron chi connectivity index (χ4n) is 0.366. The van der Waals surface area contributed by atoms with Crippen LogP contribution in [0.15, 0.2) is 0 Å². The van der Waals surface area contributed by atoms with Gasteiger partial charge in [0, 0.05) is 12.6 Å². The fraction of sp³-hybridized carbons (Fsp3) is 0.800. The Bertz CT molecular complexity index is 65.4. The lowest BCUT2D eigenvalue weighted by Gasteiger charge is -2.04. The van der Waals surface area contributed by atoms with E-state index in [1.165, 1.54) is 0 Å². The maximum Gasteiger partial charge on any atom is 0.309 e. The summed E-state index contributed by atoms with van der Waals surface area (Å²) in [6, 6.07) is 0.0394. The highest BCUT2D eigenvalue weighted by molar-refractivity contribution is 5.47. The van der Waals surface area contributed by atoms with Crippen LogP contribution in [0.2, 0.25) is 0 Å². The molecule has 0 heterocycles. The van der Waals surface area contributed by atoms with E-state index in [0.29, 0.717) is 6.42 Å². The third kappa shape index (κ3) is 3.61. The first-order valence-electron chi connectivity index (χ1n) is 2.54. The minimum Gasteiger partial charge on any atom is -0.396 e. The number of nitrogens with one attached hydrogen (secondary N) is 1. The van der Waals surface area contributed by atoms with E-state index in [2.05, 4.69) is 5.32 Å². The van der Waals surface area contributed by atoms with Crippen molar-refractivity contribution in [2.75, 3.05) is 6.61 Å². The van der Waals surface area contributed by atoms with E-state index in [9.17, 15) is 4.79 Å². The molecule has 0 saturated heterocycles. The fourth-order valence-corrected chi connectivity index (χ4v) is 0.366. The lowest BCUT2D eigenvalue weighted by molar-refractivity contribution is 0.274. The molecule has 0 aliphatic heterocycles. The number of rotatable bonds is 4. The first-order chi connectivity index (χ1) is 3.81. The standard InChI is InChI=1S/C5H10NO2/c1-5(2-3-7)6-4-8/h5,7H,2-3H2,1H3,(H,6,8). The third-order valence-electron chi connectivity index (χ3n) is 0.867. The summed E-state index contributed by atoms with van der Waals surface area (Å²) < 4.78 is 0. The first kappa shape index (κ1) is 7.43. The Labute approximate surface area is 48.7 Å². The summed E-state index contributed by atoms with van der Waals surface area (Å²) in [6.45, 7) is 1.91. The minimum atomic E-state index is 0.0394. The lowest BCUT2D eigenvalue weighted by atomic mass is 10.2. The van der Waals surface area contributed by atoms with Gasteiger partial charge in [0.05, 0.1) is 0 Å². The molecule has 8 heavy (non-hydrogen) atoms. The van der Waals surface area contributed by atoms with Crippen molar-refractivity contribution < 1.29 is 9.90 Å². The summed E-state index contributed by atoms with van der Waals surface area (Å²) in [5, 5.41) is 10.7. The van der Waals surface area contributed by atoms with Crippen LogP contribution in [0.5, 0.6) is 0 Å². The maximum absolute atomic E-state index is 9.57. The second-order valence-corrected chi connectivity index (χ2v) is 1.66. The zero-order valence-corrected chi connectivity index (χ0v) is 4.85. The van der Waals surface area contributed by atoms with E-state index in [-0.39, 0.29) is 12.6 Å². The maximum atomic E-state index is 9.57. The predicted molar refractivity (Wildman–Crippen MR) is 30.0 cm³/mol. The average molecular weight is 116 g/mol. The van der Waals surface area contributed by atoms with Gasteiger partial charge in [0.15, 0.2) is 0 Å². The molecule has 0 spiro atoms. The van der Waals surface area contributed by atoms with Gasteiger partial charge in [-0.1, -0.05) is 0 Å². The van der Waals surface area contributed by atoms with E-state index in [1.54, 1.807) is 13.3 Å². The number of amides is 1. The molecule has 0 saturated carbocycles. The summed E-state index contributed by atoms with van der Waals surface area (Å²) in [4.78, 5) is 9.57. The molecule has 0 aliphatic carbocycles. The smallest absolute Gasteiger partial charge is 0.309 e. The highest BCUT2D eigenvalue weighted by Gasteiger charge is 1.95. The van der Waals surface area contributed by atoms with Crippen LogP contribution in [0.4, 0.5) is 0 Å². The molecular weight excluding hydrogens is 106 g/mol. The van der Waals surface area contributed by atoms with Crippen LogP contribution >= 0.6 is 0 Å². The van der Waals surface area contributed by atoms with Crippen molar-refractivity contribution in [1.29, 1.82) is 0 Å². The summed E-state index contributed by atoms with van der Waals surface area (Å²) in [7, 11) is 0. The van der Waals surface area contributed by atoms with Crippen LogP contribution in [0, 0.1) is 0 Å². The van der Waals surface area contributed by atoms with Crippen LogP contribution in [0.25, 0.3) is 0 Å². The predicted octanol–water partition coefficient (Wildman–Crippen LogP) is -0.586. The van der Waals surface area contributed by atoms with Crippen LogP contribution in [-0.4, -0.2) is 24.2 Å². The Kier molecular flexibility index (Phi) is 4.26. The van der Waals surface area contributed by atoms with Gasteiger partial charge in [0.2, 0.25) is 0 Å². The molecule has 0 aromatic heterocycles. The molecule has 2 N–H and O–H groups in total. The number of aliphatic hydroxyl groups is 1. The third-order valence-corrected chi connectivity index (χ3v) is 0.867. The summed E-state index contributed by atoms with van der Waals surface area (Å²) >= 11 is 0. The van der Waals surface area contributed by atoms with Gasteiger partial charge < -0.3 is 10.4 Å². The molecule has 0 aromatic carbocycles. The highest BCUT2D eigenvalue weighted by atomic mass is 16.3. The van der Waals surface area contributed by atoms with Crippen LogP contribution in [0.3, 0.4) is 0 Å². The van der Waals surface area contributed by atoms with Gasteiger partial charge in [-0.15, -0.1) is 0 Å². The molecule has 0 rings (SSSR count). The van der Waals surface area contributed by atoms with Gasteiger partial charge in [0.1, 0.15) is 0 Å². The van der Waals surface area contributed by atoms with E-state index in [1.807, 2.05) is 0 Å². The molecule has 0 aliphatic rings. The number of carbonyl (C=O) groups excluding carboxylic acids is 1. The van der Waals surface area contributed by atoms with Gasteiger partial charge in [-0.3, -0.25) is 4.79 Å². The van der Waals surface area contributed by atoms with Gasteiger partial charge in [-0.25, -0.2) is 0 Å². The van der Waals surface area contributed by atoms with Crippen molar-refractivity contribution >= 4 is 6.41 Å². The summed E-state index contributed by atoms with van der Waals surface area (Å²) in [6.07, 6.45) is 2.13. The van der Waals surface area contributed by atoms with Crippen molar-refractivity contribution in [1.82, 2.24) is 5.32 Å². The molecule has 1 amide bonds. The molecule has 1 radical (unpaired) electrons. The normalized spacial score (nSPS) is 12.8. The largest absolute Gasteiger partial charge is 0.396 e. The first-order valence-corrected chi connectivity index (χ1v) is 2.54. The van der Waals surface area contributed by atoms with Crippen molar-refractivity contribution in [3.8, 4) is 0 Å².